The average Bonchev–Trinajstić information content (AvgIpc) is 2.29. The van der Waals surface area contributed by atoms with E-state index in [1.165, 1.54) is 16.7 Å². The molecule has 0 fully saturated rings. The first-order valence-electron chi connectivity index (χ1n) is 6.19. The zero-order chi connectivity index (χ0) is 13.8. The van der Waals surface area contributed by atoms with Crippen molar-refractivity contribution in [2.75, 3.05) is 6.54 Å². The minimum atomic E-state index is -0.348. The number of nitrogens with two attached hydrogens (primary N) is 1. The summed E-state index contributed by atoms with van der Waals surface area (Å²) in [4.78, 5) is 10.9. The molecule has 4 nitrogen and oxygen atoms in total. The second-order valence-electron chi connectivity index (χ2n) is 5.54. The predicted octanol–water partition coefficient (Wildman–Crippen LogP) is 2.01. The number of hydrogen-bond donors (Lipinski definition) is 3. The van der Waals surface area contributed by atoms with Gasteiger partial charge in [-0.1, -0.05) is 39.0 Å². The molecule has 1 aromatic carbocycles. The van der Waals surface area contributed by atoms with Crippen LogP contribution in [-0.2, 0) is 11.8 Å². The topological polar surface area (TPSA) is 67.2 Å². The second kappa shape index (κ2) is 5.87. The van der Waals surface area contributed by atoms with Gasteiger partial charge in [0.15, 0.2) is 0 Å². The number of benzene rings is 1. The Kier molecular flexibility index (Phi) is 4.73. The van der Waals surface area contributed by atoms with Crippen molar-refractivity contribution in [2.45, 2.75) is 39.5 Å². The summed E-state index contributed by atoms with van der Waals surface area (Å²) >= 11 is 0. The molecule has 18 heavy (non-hydrogen) atoms. The van der Waals surface area contributed by atoms with Gasteiger partial charge in [0, 0.05) is 6.54 Å². The highest BCUT2D eigenvalue weighted by atomic mass is 16.2. The van der Waals surface area contributed by atoms with Crippen LogP contribution in [0.5, 0.6) is 0 Å². The van der Waals surface area contributed by atoms with Gasteiger partial charge < -0.3 is 5.32 Å². The lowest BCUT2D eigenvalue weighted by Gasteiger charge is -2.20. The number of rotatable bonds is 3. The maximum absolute atomic E-state index is 10.9. The number of urea groups is 1. The van der Waals surface area contributed by atoms with Crippen LogP contribution in [0, 0.1) is 6.92 Å². The molecule has 1 aromatic rings. The largest absolute Gasteiger partial charge is 0.337 e. The van der Waals surface area contributed by atoms with E-state index >= 15 is 0 Å². The molecular weight excluding hydrogens is 226 g/mol. The molecule has 0 aromatic heterocycles. The van der Waals surface area contributed by atoms with Crippen LogP contribution in [-0.4, -0.2) is 12.6 Å². The van der Waals surface area contributed by atoms with E-state index in [0.29, 0.717) is 6.54 Å². The van der Waals surface area contributed by atoms with Crippen molar-refractivity contribution in [3.05, 3.63) is 34.9 Å². The minimum absolute atomic E-state index is 0.168. The number of carbonyl (C=O) groups is 1. The molecule has 0 aliphatic rings. The third kappa shape index (κ3) is 4.04. The maximum atomic E-state index is 10.9. The number of carbonyl (C=O) groups excluding carboxylic acids is 1. The molecule has 2 amide bonds. The van der Waals surface area contributed by atoms with E-state index in [2.05, 4.69) is 51.2 Å². The van der Waals surface area contributed by atoms with Crippen LogP contribution in [0.4, 0.5) is 4.79 Å². The monoisotopic (exact) mass is 249 g/mol. The van der Waals surface area contributed by atoms with Gasteiger partial charge in [0.1, 0.15) is 0 Å². The SMILES string of the molecule is Cc1cc(C(C)(C)C)ccc1CCNC(=O)NN. The Morgan fingerprint density at radius 3 is 2.50 bits per heavy atom. The molecule has 0 saturated heterocycles. The van der Waals surface area contributed by atoms with Crippen molar-refractivity contribution >= 4 is 6.03 Å². The maximum Gasteiger partial charge on any atom is 0.328 e. The molecule has 4 heteroatoms. The van der Waals surface area contributed by atoms with E-state index in [-0.39, 0.29) is 11.4 Å². The fourth-order valence-electron chi connectivity index (χ4n) is 1.80. The van der Waals surface area contributed by atoms with Crippen LogP contribution in [0.2, 0.25) is 0 Å². The molecule has 0 unspecified atom stereocenters. The van der Waals surface area contributed by atoms with Crippen LogP contribution in [0.3, 0.4) is 0 Å². The Morgan fingerprint density at radius 2 is 2.00 bits per heavy atom. The van der Waals surface area contributed by atoms with E-state index in [9.17, 15) is 4.79 Å². The van der Waals surface area contributed by atoms with Gasteiger partial charge in [0.05, 0.1) is 0 Å². The predicted molar refractivity (Wildman–Crippen MR) is 74.3 cm³/mol. The van der Waals surface area contributed by atoms with Gasteiger partial charge in [-0.05, 0) is 35.4 Å². The Hall–Kier alpha value is -1.55. The van der Waals surface area contributed by atoms with E-state index in [4.69, 9.17) is 5.84 Å². The van der Waals surface area contributed by atoms with Crippen LogP contribution in [0.25, 0.3) is 0 Å². The highest BCUT2D eigenvalue weighted by molar-refractivity contribution is 5.72. The summed E-state index contributed by atoms with van der Waals surface area (Å²) in [7, 11) is 0. The minimum Gasteiger partial charge on any atom is -0.337 e. The van der Waals surface area contributed by atoms with Crippen molar-refractivity contribution in [3.63, 3.8) is 0 Å². The molecule has 4 N–H and O–H groups in total. The summed E-state index contributed by atoms with van der Waals surface area (Å²) in [5.41, 5.74) is 6.05. The summed E-state index contributed by atoms with van der Waals surface area (Å²) in [6, 6.07) is 6.17. The summed E-state index contributed by atoms with van der Waals surface area (Å²) in [6.07, 6.45) is 0.809. The standard InChI is InChI=1S/C14H23N3O/c1-10-9-12(14(2,3)4)6-5-11(10)7-8-16-13(18)17-15/h5-6,9H,7-8,15H2,1-4H3,(H2,16,17,18). The Balaban J connectivity index is 2.66. The van der Waals surface area contributed by atoms with Crippen LogP contribution in [0.15, 0.2) is 18.2 Å². The van der Waals surface area contributed by atoms with Crippen LogP contribution >= 0.6 is 0 Å². The van der Waals surface area contributed by atoms with Crippen molar-refractivity contribution < 1.29 is 4.79 Å². The van der Waals surface area contributed by atoms with Gasteiger partial charge in [-0.25, -0.2) is 10.6 Å². The Labute approximate surface area is 109 Å². The van der Waals surface area contributed by atoms with Crippen molar-refractivity contribution in [3.8, 4) is 0 Å². The fraction of sp³-hybridized carbons (Fsp3) is 0.500. The van der Waals surface area contributed by atoms with E-state index in [1.807, 2.05) is 5.43 Å². The number of aryl methyl sites for hydroxylation is 1. The molecule has 0 bridgehead atoms. The first-order valence-corrected chi connectivity index (χ1v) is 6.19. The highest BCUT2D eigenvalue weighted by Gasteiger charge is 2.14. The van der Waals surface area contributed by atoms with Crippen molar-refractivity contribution in [1.29, 1.82) is 0 Å². The van der Waals surface area contributed by atoms with Gasteiger partial charge >= 0.3 is 6.03 Å². The Morgan fingerprint density at radius 1 is 1.33 bits per heavy atom. The molecule has 0 aliphatic heterocycles. The summed E-state index contributed by atoms with van der Waals surface area (Å²) in [5.74, 6) is 4.99. The highest BCUT2D eigenvalue weighted by Crippen LogP contribution is 2.24. The second-order valence-corrected chi connectivity index (χ2v) is 5.54. The smallest absolute Gasteiger partial charge is 0.328 e. The number of hydrazine groups is 1. The molecule has 1 rings (SSSR count). The molecule has 0 heterocycles. The number of hydrogen-bond acceptors (Lipinski definition) is 2. The summed E-state index contributed by atoms with van der Waals surface area (Å²) in [6.45, 7) is 9.30. The third-order valence-electron chi connectivity index (χ3n) is 3.02. The van der Waals surface area contributed by atoms with Crippen molar-refractivity contribution in [2.24, 2.45) is 5.84 Å². The molecule has 0 saturated carbocycles. The Bertz CT molecular complexity index is 422. The van der Waals surface area contributed by atoms with Crippen LogP contribution < -0.4 is 16.6 Å². The van der Waals surface area contributed by atoms with Gasteiger partial charge in [-0.2, -0.15) is 0 Å². The molecule has 0 radical (unpaired) electrons. The molecule has 0 atom stereocenters. The van der Waals surface area contributed by atoms with E-state index in [0.717, 1.165) is 6.42 Å². The lowest BCUT2D eigenvalue weighted by atomic mass is 9.85. The molecule has 100 valence electrons. The van der Waals surface area contributed by atoms with E-state index < -0.39 is 0 Å². The average molecular weight is 249 g/mol. The summed E-state index contributed by atoms with van der Waals surface area (Å²) < 4.78 is 0. The molecule has 0 aliphatic carbocycles. The zero-order valence-corrected chi connectivity index (χ0v) is 11.6. The van der Waals surface area contributed by atoms with Gasteiger partial charge in [-0.15, -0.1) is 0 Å². The van der Waals surface area contributed by atoms with Gasteiger partial charge in [-0.3, -0.25) is 5.43 Å². The van der Waals surface area contributed by atoms with Gasteiger partial charge in [0.2, 0.25) is 0 Å². The van der Waals surface area contributed by atoms with E-state index in [1.54, 1.807) is 0 Å². The quantitative estimate of drug-likeness (QED) is 0.436. The number of nitrogens with one attached hydrogen (secondary N) is 2. The van der Waals surface area contributed by atoms with Crippen molar-refractivity contribution in [1.82, 2.24) is 10.7 Å². The first kappa shape index (κ1) is 14.5. The lowest BCUT2D eigenvalue weighted by molar-refractivity contribution is 0.241. The lowest BCUT2D eigenvalue weighted by Crippen LogP contribution is -2.40. The fourth-order valence-corrected chi connectivity index (χ4v) is 1.80. The summed E-state index contributed by atoms with van der Waals surface area (Å²) in [5, 5.41) is 2.68. The number of amides is 2. The molecular formula is C14H23N3O. The first-order chi connectivity index (χ1) is 8.34. The normalized spacial score (nSPS) is 11.2. The van der Waals surface area contributed by atoms with Crippen LogP contribution in [0.1, 0.15) is 37.5 Å². The zero-order valence-electron chi connectivity index (χ0n) is 11.6. The third-order valence-corrected chi connectivity index (χ3v) is 3.02. The van der Waals surface area contributed by atoms with Gasteiger partial charge in [0.25, 0.3) is 0 Å². The molecule has 0 spiro atoms.